The molecule has 1 fully saturated rings. The molecule has 3 amide bonds. The minimum Gasteiger partial charge on any atom is -0.507 e. The van der Waals surface area contributed by atoms with Crippen molar-refractivity contribution in [3.05, 3.63) is 112 Å². The average molecular weight is 692 g/mol. The van der Waals surface area contributed by atoms with Gasteiger partial charge in [0.1, 0.15) is 28.8 Å². The Morgan fingerprint density at radius 1 is 0.958 bits per heavy atom. The summed E-state index contributed by atoms with van der Waals surface area (Å²) in [5.41, 5.74) is 2.26. The second-order valence-corrected chi connectivity index (χ2v) is 12.8. The van der Waals surface area contributed by atoms with E-state index in [2.05, 4.69) is 10.6 Å². The van der Waals surface area contributed by atoms with Crippen LogP contribution in [0.5, 0.6) is 11.5 Å². The highest BCUT2D eigenvalue weighted by molar-refractivity contribution is 8.00. The van der Waals surface area contributed by atoms with Gasteiger partial charge in [-0.3, -0.25) is 14.4 Å². The molecule has 48 heavy (non-hydrogen) atoms. The number of phenolic OH excluding ortho intramolecular Hbond substituents is 1. The summed E-state index contributed by atoms with van der Waals surface area (Å²) in [5.74, 6) is -2.88. The fourth-order valence-electron chi connectivity index (χ4n) is 5.16. The van der Waals surface area contributed by atoms with Gasteiger partial charge in [-0.15, -0.1) is 11.8 Å². The molecule has 0 bridgehead atoms. The first-order valence-corrected chi connectivity index (χ1v) is 16.8. The number of aliphatic carboxylic acids is 1. The van der Waals surface area contributed by atoms with E-state index in [4.69, 9.17) is 4.74 Å². The van der Waals surface area contributed by atoms with E-state index < -0.39 is 60.5 Å². The molecule has 14 heteroatoms. The van der Waals surface area contributed by atoms with Gasteiger partial charge in [0, 0.05) is 23.1 Å². The summed E-state index contributed by atoms with van der Waals surface area (Å²) in [4.78, 5) is 52.1. The Hall–Kier alpha value is -4.89. The minimum atomic E-state index is -1.56. The summed E-state index contributed by atoms with van der Waals surface area (Å²) in [7, 11) is 0. The molecule has 0 radical (unpaired) electrons. The van der Waals surface area contributed by atoms with E-state index in [0.717, 1.165) is 5.56 Å². The van der Waals surface area contributed by atoms with Crippen LogP contribution in [-0.2, 0) is 19.2 Å². The first kappa shape index (κ1) is 34.4. The van der Waals surface area contributed by atoms with Crippen molar-refractivity contribution in [2.75, 3.05) is 23.9 Å². The van der Waals surface area contributed by atoms with Crippen LogP contribution in [0.2, 0.25) is 0 Å². The summed E-state index contributed by atoms with van der Waals surface area (Å²) in [5, 5.41) is 48.1. The van der Waals surface area contributed by atoms with Crippen molar-refractivity contribution in [3.63, 3.8) is 0 Å². The lowest BCUT2D eigenvalue weighted by Crippen LogP contribution is -2.57. The molecule has 1 aliphatic rings. The number of carbonyl (C=O) groups is 4. The first-order chi connectivity index (χ1) is 23.2. The highest BCUT2D eigenvalue weighted by Crippen LogP contribution is 2.48. The van der Waals surface area contributed by atoms with Crippen molar-refractivity contribution in [1.82, 2.24) is 10.6 Å². The smallest absolute Gasteiger partial charge is 0.328 e. The number of para-hydroxylation sites is 1. The number of aliphatic hydroxyl groups excluding tert-OH is 2. The molecule has 3 aromatic carbocycles. The number of hydrogen-bond acceptors (Lipinski definition) is 10. The molecule has 250 valence electrons. The van der Waals surface area contributed by atoms with E-state index in [1.165, 1.54) is 29.2 Å². The number of aliphatic hydroxyl groups is 2. The van der Waals surface area contributed by atoms with Crippen LogP contribution in [0.4, 0.5) is 5.69 Å². The SMILES string of the molecule is O=C(COc1ccc(C2C(SCC(O)c3ccsc3)C(=O)N2c2ccccc2)c(O)c1)N[C@@H](C(=O)N[C@H](CO)C(=O)O)c1ccccc1. The van der Waals surface area contributed by atoms with Crippen molar-refractivity contribution >= 4 is 52.5 Å². The fraction of sp³-hybridized carbons (Fsp3) is 0.235. The van der Waals surface area contributed by atoms with E-state index in [-0.39, 0.29) is 23.2 Å². The number of amides is 3. The van der Waals surface area contributed by atoms with Crippen LogP contribution in [0.15, 0.2) is 95.7 Å². The number of carbonyl (C=O) groups excluding carboxylic acids is 3. The molecule has 5 rings (SSSR count). The highest BCUT2D eigenvalue weighted by Gasteiger charge is 2.50. The van der Waals surface area contributed by atoms with Crippen LogP contribution in [0.25, 0.3) is 0 Å². The number of β-lactam (4-membered cyclic amide) rings is 1. The molecule has 1 aromatic heterocycles. The van der Waals surface area contributed by atoms with Crippen LogP contribution in [-0.4, -0.2) is 74.4 Å². The van der Waals surface area contributed by atoms with Crippen LogP contribution in [0, 0.1) is 0 Å². The van der Waals surface area contributed by atoms with E-state index in [1.807, 2.05) is 35.0 Å². The van der Waals surface area contributed by atoms with Crippen LogP contribution < -0.4 is 20.3 Å². The third kappa shape index (κ3) is 7.97. The molecule has 2 heterocycles. The zero-order valence-corrected chi connectivity index (χ0v) is 27.0. The topological polar surface area (TPSA) is 186 Å². The Morgan fingerprint density at radius 3 is 2.29 bits per heavy atom. The number of hydrogen-bond donors (Lipinski definition) is 6. The number of aromatic hydroxyl groups is 1. The molecule has 0 aliphatic carbocycles. The number of benzene rings is 3. The van der Waals surface area contributed by atoms with Gasteiger partial charge in [0.2, 0.25) is 11.8 Å². The van der Waals surface area contributed by atoms with Crippen LogP contribution in [0.3, 0.4) is 0 Å². The van der Waals surface area contributed by atoms with Crippen molar-refractivity contribution < 1.29 is 44.3 Å². The Kier molecular flexibility index (Phi) is 11.3. The van der Waals surface area contributed by atoms with Gasteiger partial charge in [-0.2, -0.15) is 11.3 Å². The summed E-state index contributed by atoms with van der Waals surface area (Å²) in [6.45, 7) is -1.39. The predicted molar refractivity (Wildman–Crippen MR) is 180 cm³/mol. The molecular formula is C34H33N3O9S2. The third-order valence-electron chi connectivity index (χ3n) is 7.63. The monoisotopic (exact) mass is 691 g/mol. The van der Waals surface area contributed by atoms with Gasteiger partial charge in [0.15, 0.2) is 6.61 Å². The third-order valence-corrected chi connectivity index (χ3v) is 9.66. The Bertz CT molecular complexity index is 1720. The lowest BCUT2D eigenvalue weighted by Gasteiger charge is -2.47. The zero-order chi connectivity index (χ0) is 34.2. The molecule has 12 nitrogen and oxygen atoms in total. The van der Waals surface area contributed by atoms with Gasteiger partial charge < -0.3 is 40.7 Å². The van der Waals surface area contributed by atoms with E-state index in [0.29, 0.717) is 16.8 Å². The van der Waals surface area contributed by atoms with Crippen molar-refractivity contribution in [2.45, 2.75) is 29.5 Å². The second-order valence-electron chi connectivity index (χ2n) is 10.8. The minimum absolute atomic E-state index is 0.146. The van der Waals surface area contributed by atoms with Gasteiger partial charge in [0.25, 0.3) is 5.91 Å². The number of nitrogens with zero attached hydrogens (tertiary/aromatic N) is 1. The summed E-state index contributed by atoms with van der Waals surface area (Å²) >= 11 is 2.78. The van der Waals surface area contributed by atoms with Crippen LogP contribution >= 0.6 is 23.1 Å². The van der Waals surface area contributed by atoms with Gasteiger partial charge >= 0.3 is 5.97 Å². The van der Waals surface area contributed by atoms with E-state index in [1.54, 1.807) is 59.5 Å². The van der Waals surface area contributed by atoms with Gasteiger partial charge in [-0.25, -0.2) is 4.79 Å². The largest absolute Gasteiger partial charge is 0.507 e. The molecule has 1 aliphatic heterocycles. The Balaban J connectivity index is 1.28. The normalized spacial score (nSPS) is 17.5. The van der Waals surface area contributed by atoms with E-state index in [9.17, 15) is 39.6 Å². The maximum atomic E-state index is 13.4. The molecule has 5 atom stereocenters. The number of carboxylic acid groups (broad SMARTS) is 1. The number of nitrogens with one attached hydrogen (secondary N) is 2. The van der Waals surface area contributed by atoms with Crippen molar-refractivity contribution in [1.29, 1.82) is 0 Å². The predicted octanol–water partition coefficient (Wildman–Crippen LogP) is 3.17. The maximum absolute atomic E-state index is 13.4. The first-order valence-electron chi connectivity index (χ1n) is 14.8. The van der Waals surface area contributed by atoms with Gasteiger partial charge in [-0.05, 0) is 52.2 Å². The molecular weight excluding hydrogens is 659 g/mol. The fourth-order valence-corrected chi connectivity index (χ4v) is 7.16. The molecule has 3 unspecified atom stereocenters. The highest BCUT2D eigenvalue weighted by atomic mass is 32.2. The molecule has 1 saturated heterocycles. The summed E-state index contributed by atoms with van der Waals surface area (Å²) in [6, 6.07) is 20.2. The number of carboxylic acids is 1. The van der Waals surface area contributed by atoms with Crippen LogP contribution in [0.1, 0.15) is 34.9 Å². The second kappa shape index (κ2) is 15.8. The lowest BCUT2D eigenvalue weighted by atomic mass is 9.91. The number of thiophene rings is 1. The van der Waals surface area contributed by atoms with Crippen molar-refractivity contribution in [2.24, 2.45) is 0 Å². The zero-order valence-electron chi connectivity index (χ0n) is 25.3. The van der Waals surface area contributed by atoms with Gasteiger partial charge in [0.05, 0.1) is 18.8 Å². The molecule has 0 saturated carbocycles. The van der Waals surface area contributed by atoms with Gasteiger partial charge in [-0.1, -0.05) is 48.5 Å². The number of ether oxygens (including phenoxy) is 1. The lowest BCUT2D eigenvalue weighted by molar-refractivity contribution is -0.143. The maximum Gasteiger partial charge on any atom is 0.328 e. The van der Waals surface area contributed by atoms with Crippen molar-refractivity contribution in [3.8, 4) is 11.5 Å². The molecule has 4 aromatic rings. The summed E-state index contributed by atoms with van der Waals surface area (Å²) < 4.78 is 5.62. The standard InChI is InChI=1S/C34H33N3O9S2/c38-16-25(34(44)45)35-32(42)29(20-7-3-1-4-8-20)36-28(41)17-46-23-11-12-24(26(39)15-23)30-31(48-19-27(40)21-13-14-47-18-21)33(43)37(30)22-9-5-2-6-10-22/h1-15,18,25,27,29-31,38-40H,16-17,19H2,(H,35,42)(H,36,41)(H,44,45)/t25-,27?,29-,30?,31?/m1/s1. The number of rotatable bonds is 15. The quantitative estimate of drug-likeness (QED) is 0.101. The molecule has 6 N–H and O–H groups in total. The molecule has 0 spiro atoms. The number of anilines is 1. The van der Waals surface area contributed by atoms with E-state index >= 15 is 0 Å². The number of thioether (sulfide) groups is 1. The number of phenols is 1. The summed E-state index contributed by atoms with van der Waals surface area (Å²) in [6.07, 6.45) is -0.753. The average Bonchev–Trinajstić information content (AvgIpc) is 3.64. The Labute approximate surface area is 284 Å². The Morgan fingerprint density at radius 2 is 1.67 bits per heavy atom.